The van der Waals surface area contributed by atoms with Crippen LogP contribution in [0.25, 0.3) is 28.0 Å². The molecule has 3 heterocycles. The van der Waals surface area contributed by atoms with Crippen molar-refractivity contribution in [2.75, 3.05) is 0 Å². The van der Waals surface area contributed by atoms with Crippen LogP contribution in [-0.2, 0) is 11.0 Å². The molecule has 0 fully saturated rings. The van der Waals surface area contributed by atoms with Crippen LogP contribution in [0.1, 0.15) is 71.0 Å². The summed E-state index contributed by atoms with van der Waals surface area (Å²) in [4.78, 5) is 9.52. The van der Waals surface area contributed by atoms with Crippen LogP contribution in [0.2, 0.25) is 0 Å². The molecule has 35 heavy (non-hydrogen) atoms. The average molecular weight is 492 g/mol. The van der Waals surface area contributed by atoms with E-state index in [0.29, 0.717) is 11.5 Å². The second-order valence-corrected chi connectivity index (χ2v) is 11.7. The minimum absolute atomic E-state index is 0.0957. The first-order valence-electron chi connectivity index (χ1n) is 12.0. The molecule has 0 saturated carbocycles. The lowest BCUT2D eigenvalue weighted by molar-refractivity contribution is 0.194. The van der Waals surface area contributed by atoms with Crippen molar-refractivity contribution in [1.29, 1.82) is 0 Å². The van der Waals surface area contributed by atoms with Crippen LogP contribution in [0, 0.1) is 0 Å². The Morgan fingerprint density at radius 2 is 1.80 bits per heavy atom. The molecule has 0 aliphatic carbocycles. The van der Waals surface area contributed by atoms with Crippen LogP contribution in [0.15, 0.2) is 60.8 Å². The third kappa shape index (κ3) is 5.66. The number of pyridine rings is 2. The van der Waals surface area contributed by atoms with Gasteiger partial charge in [-0.05, 0) is 64.4 Å². The Hall–Kier alpha value is -2.94. The van der Waals surface area contributed by atoms with Crippen molar-refractivity contribution < 1.29 is 9.32 Å². The average Bonchev–Trinajstić information content (AvgIpc) is 3.26. The molecule has 0 amide bonds. The predicted molar refractivity (Wildman–Crippen MR) is 141 cm³/mol. The summed E-state index contributed by atoms with van der Waals surface area (Å²) in [5.41, 5.74) is 4.18. The number of aliphatic hydroxyl groups is 1. The largest absolute Gasteiger partial charge is 0.387 e. The van der Waals surface area contributed by atoms with Gasteiger partial charge >= 0.3 is 0 Å². The summed E-state index contributed by atoms with van der Waals surface area (Å²) in [6, 6.07) is 17.5. The topological polar surface area (TPSA) is 92.9 Å². The maximum atomic E-state index is 12.8. The Morgan fingerprint density at radius 3 is 2.51 bits per heavy atom. The van der Waals surface area contributed by atoms with E-state index in [1.165, 1.54) is 0 Å². The van der Waals surface area contributed by atoms with Crippen molar-refractivity contribution in [1.82, 2.24) is 24.5 Å². The zero-order valence-electron chi connectivity index (χ0n) is 20.9. The summed E-state index contributed by atoms with van der Waals surface area (Å²) in [7, 11) is -1.19. The van der Waals surface area contributed by atoms with Crippen LogP contribution in [0.5, 0.6) is 0 Å². The normalized spacial score (nSPS) is 14.7. The number of hydrogen-bond acceptors (Lipinski definition) is 5. The number of benzene rings is 1. The van der Waals surface area contributed by atoms with Crippen LogP contribution >= 0.6 is 0 Å². The van der Waals surface area contributed by atoms with Crippen molar-refractivity contribution in [3.05, 3.63) is 72.2 Å². The highest BCUT2D eigenvalue weighted by atomic mass is 32.2. The summed E-state index contributed by atoms with van der Waals surface area (Å²) in [5, 5.41) is 15.5. The van der Waals surface area contributed by atoms with Gasteiger partial charge in [-0.25, -0.2) is 18.6 Å². The summed E-state index contributed by atoms with van der Waals surface area (Å²) >= 11 is 0. The molecule has 0 saturated heterocycles. The number of aliphatic hydroxyl groups excluding tert-OH is 1. The molecule has 3 atom stereocenters. The third-order valence-electron chi connectivity index (χ3n) is 5.78. The quantitative estimate of drug-likeness (QED) is 0.343. The molecule has 0 bridgehead atoms. The Balaban J connectivity index is 1.71. The molecule has 0 aliphatic rings. The maximum Gasteiger partial charge on any atom is 0.154 e. The second kappa shape index (κ2) is 10.4. The van der Waals surface area contributed by atoms with Crippen LogP contribution < -0.4 is 4.72 Å². The molecule has 1 aromatic carbocycles. The maximum absolute atomic E-state index is 12.8. The standard InChI is InChI=1S/C27H33N5O2S/c1-6-9-24(31-35(34)27(3,4)5)23-12-7-11-22(29-23)19-14-15-20-17-28-32(25(20)16-19)26-13-8-10-21(30-26)18(2)33/h7-8,10-18,24,31,33H,6,9H2,1-5H3/t18-,24+,35?/m1/s1. The second-order valence-electron chi connectivity index (χ2n) is 9.71. The van der Waals surface area contributed by atoms with Crippen molar-refractivity contribution in [2.24, 2.45) is 0 Å². The van der Waals surface area contributed by atoms with Gasteiger partial charge in [0.1, 0.15) is 0 Å². The molecular weight excluding hydrogens is 458 g/mol. The predicted octanol–water partition coefficient (Wildman–Crippen LogP) is 5.43. The number of rotatable bonds is 8. The fraction of sp³-hybridized carbons (Fsp3) is 0.370. The van der Waals surface area contributed by atoms with Crippen molar-refractivity contribution in [3.63, 3.8) is 0 Å². The lowest BCUT2D eigenvalue weighted by Gasteiger charge is -2.24. The van der Waals surface area contributed by atoms with Crippen molar-refractivity contribution in [3.8, 4) is 17.1 Å². The smallest absolute Gasteiger partial charge is 0.154 e. The highest BCUT2D eigenvalue weighted by Crippen LogP contribution is 2.27. The molecule has 4 aromatic rings. The van der Waals surface area contributed by atoms with Crippen molar-refractivity contribution >= 4 is 21.9 Å². The highest BCUT2D eigenvalue weighted by molar-refractivity contribution is 7.84. The van der Waals surface area contributed by atoms with Gasteiger partial charge in [-0.1, -0.05) is 37.6 Å². The first-order valence-corrected chi connectivity index (χ1v) is 13.1. The zero-order valence-corrected chi connectivity index (χ0v) is 21.7. The molecule has 8 heteroatoms. The fourth-order valence-corrected chi connectivity index (χ4v) is 4.67. The molecule has 2 N–H and O–H groups in total. The van der Waals surface area contributed by atoms with Gasteiger partial charge < -0.3 is 5.11 Å². The van der Waals surface area contributed by atoms with Gasteiger partial charge in [0.25, 0.3) is 0 Å². The molecule has 0 spiro atoms. The van der Waals surface area contributed by atoms with E-state index in [1.54, 1.807) is 17.7 Å². The summed E-state index contributed by atoms with van der Waals surface area (Å²) in [6.07, 6.45) is 2.95. The van der Waals surface area contributed by atoms with E-state index in [0.717, 1.165) is 40.7 Å². The number of hydrogen-bond donors (Lipinski definition) is 2. The Kier molecular flexibility index (Phi) is 7.44. The molecular formula is C27H33N5O2S. The summed E-state index contributed by atoms with van der Waals surface area (Å²) in [6.45, 7) is 9.71. The monoisotopic (exact) mass is 491 g/mol. The van der Waals surface area contributed by atoms with Gasteiger partial charge in [-0.15, -0.1) is 0 Å². The van der Waals surface area contributed by atoms with Gasteiger partial charge in [0.05, 0.1) is 56.7 Å². The molecule has 1 unspecified atom stereocenters. The number of nitrogens with zero attached hydrogens (tertiary/aromatic N) is 4. The van der Waals surface area contributed by atoms with E-state index >= 15 is 0 Å². The van der Waals surface area contributed by atoms with Crippen LogP contribution in [-0.4, -0.2) is 33.8 Å². The molecule has 0 aliphatic heterocycles. The Morgan fingerprint density at radius 1 is 1.06 bits per heavy atom. The molecule has 4 rings (SSSR count). The van der Waals surface area contributed by atoms with Gasteiger partial charge in [-0.2, -0.15) is 5.10 Å². The first kappa shape index (κ1) is 25.2. The van der Waals surface area contributed by atoms with E-state index in [-0.39, 0.29) is 10.8 Å². The summed E-state index contributed by atoms with van der Waals surface area (Å²) < 4.78 is 17.5. The van der Waals surface area contributed by atoms with Crippen LogP contribution in [0.4, 0.5) is 0 Å². The number of fused-ring (bicyclic) bond motifs is 1. The van der Waals surface area contributed by atoms with Gasteiger partial charge in [-0.3, -0.25) is 4.98 Å². The van der Waals surface area contributed by atoms with E-state index in [2.05, 4.69) is 27.8 Å². The zero-order chi connectivity index (χ0) is 25.2. The van der Waals surface area contributed by atoms with E-state index in [4.69, 9.17) is 4.98 Å². The number of nitrogens with one attached hydrogen (secondary N) is 1. The lowest BCUT2D eigenvalue weighted by atomic mass is 10.1. The van der Waals surface area contributed by atoms with E-state index < -0.39 is 17.1 Å². The molecule has 7 nitrogen and oxygen atoms in total. The van der Waals surface area contributed by atoms with E-state index in [1.807, 2.05) is 69.4 Å². The highest BCUT2D eigenvalue weighted by Gasteiger charge is 2.24. The van der Waals surface area contributed by atoms with E-state index in [9.17, 15) is 9.32 Å². The Bertz CT molecular complexity index is 1340. The summed E-state index contributed by atoms with van der Waals surface area (Å²) in [5.74, 6) is 0.647. The van der Waals surface area contributed by atoms with Gasteiger partial charge in [0, 0.05) is 10.9 Å². The Labute approximate surface area is 209 Å². The minimum Gasteiger partial charge on any atom is -0.387 e. The minimum atomic E-state index is -1.19. The fourth-order valence-electron chi connectivity index (χ4n) is 3.82. The molecule has 184 valence electrons. The molecule has 0 radical (unpaired) electrons. The van der Waals surface area contributed by atoms with Gasteiger partial charge in [0.15, 0.2) is 5.82 Å². The first-order chi connectivity index (χ1) is 16.7. The number of aromatic nitrogens is 4. The van der Waals surface area contributed by atoms with Crippen molar-refractivity contribution in [2.45, 2.75) is 64.4 Å². The van der Waals surface area contributed by atoms with Gasteiger partial charge in [0.2, 0.25) is 0 Å². The molecule has 3 aromatic heterocycles. The lowest BCUT2D eigenvalue weighted by Crippen LogP contribution is -2.36. The van der Waals surface area contributed by atoms with Crippen LogP contribution in [0.3, 0.4) is 0 Å². The SMILES string of the molecule is CCC[C@H](NS(=O)C(C)(C)C)c1cccc(-c2ccc3cnn(-c4cccc([C@@H](C)O)n4)c3c2)n1. The third-order valence-corrected chi connectivity index (χ3v) is 7.39.